The van der Waals surface area contributed by atoms with Gasteiger partial charge in [0.1, 0.15) is 11.6 Å². The third-order valence-electron chi connectivity index (χ3n) is 5.27. The molecule has 0 saturated carbocycles. The molecular formula is C22H19FN6O2. The minimum absolute atomic E-state index is 0.0438. The summed E-state index contributed by atoms with van der Waals surface area (Å²) in [5.74, 6) is -0.504. The fourth-order valence-electron chi connectivity index (χ4n) is 3.64. The van der Waals surface area contributed by atoms with Gasteiger partial charge in [0.25, 0.3) is 5.91 Å². The Hall–Kier alpha value is -3.85. The first-order valence-corrected chi connectivity index (χ1v) is 9.82. The van der Waals surface area contributed by atoms with Gasteiger partial charge in [0.2, 0.25) is 0 Å². The molecule has 1 aliphatic heterocycles. The fourth-order valence-corrected chi connectivity index (χ4v) is 3.64. The van der Waals surface area contributed by atoms with E-state index in [4.69, 9.17) is 10.5 Å². The standard InChI is InChI=1S/C22H19FN6O2/c23-17-9-14(1-2-16(17)22(30)28-5-7-31-8-6-28)18-13-29-19(11-27-21(29)12-26-18)15-3-4-25-20(24)10-15/h1-4,9-13H,5-8H2,(H2,24,25). The Balaban J connectivity index is 1.50. The van der Waals surface area contributed by atoms with Crippen LogP contribution >= 0.6 is 0 Å². The molecule has 0 bridgehead atoms. The molecule has 2 N–H and O–H groups in total. The maximum atomic E-state index is 14.8. The molecule has 0 aliphatic carbocycles. The Morgan fingerprint density at radius 1 is 1.03 bits per heavy atom. The molecule has 5 rings (SSSR count). The number of hydrogen-bond acceptors (Lipinski definition) is 6. The Kier molecular flexibility index (Phi) is 4.79. The number of nitrogens with two attached hydrogens (primary N) is 1. The van der Waals surface area contributed by atoms with E-state index in [-0.39, 0.29) is 11.5 Å². The van der Waals surface area contributed by atoms with E-state index in [9.17, 15) is 9.18 Å². The third-order valence-corrected chi connectivity index (χ3v) is 5.27. The van der Waals surface area contributed by atoms with Gasteiger partial charge in [-0.3, -0.25) is 14.2 Å². The zero-order valence-electron chi connectivity index (χ0n) is 16.5. The van der Waals surface area contributed by atoms with Crippen LogP contribution in [0.25, 0.3) is 28.2 Å². The lowest BCUT2D eigenvalue weighted by Crippen LogP contribution is -2.41. The Bertz CT molecular complexity index is 1280. The van der Waals surface area contributed by atoms with Gasteiger partial charge >= 0.3 is 0 Å². The molecule has 0 atom stereocenters. The lowest BCUT2D eigenvalue weighted by molar-refractivity contribution is 0.0300. The van der Waals surface area contributed by atoms with Crippen molar-refractivity contribution in [2.24, 2.45) is 0 Å². The van der Waals surface area contributed by atoms with Crippen molar-refractivity contribution in [3.63, 3.8) is 0 Å². The average molecular weight is 418 g/mol. The summed E-state index contributed by atoms with van der Waals surface area (Å²) in [6.45, 7) is 1.85. The summed E-state index contributed by atoms with van der Waals surface area (Å²) in [6.07, 6.45) is 6.76. The predicted molar refractivity (Wildman–Crippen MR) is 113 cm³/mol. The van der Waals surface area contributed by atoms with Crippen LogP contribution in [0.3, 0.4) is 0 Å². The molecule has 4 heterocycles. The van der Waals surface area contributed by atoms with Crippen LogP contribution in [0.1, 0.15) is 10.4 Å². The number of nitrogen functional groups attached to an aromatic ring is 1. The van der Waals surface area contributed by atoms with Crippen LogP contribution in [0.15, 0.2) is 55.1 Å². The van der Waals surface area contributed by atoms with Crippen LogP contribution in [-0.2, 0) is 4.74 Å². The van der Waals surface area contributed by atoms with Crippen molar-refractivity contribution in [1.29, 1.82) is 0 Å². The van der Waals surface area contributed by atoms with E-state index in [0.29, 0.717) is 49.0 Å². The van der Waals surface area contributed by atoms with Crippen molar-refractivity contribution in [3.05, 3.63) is 66.5 Å². The topological polar surface area (TPSA) is 98.6 Å². The molecule has 4 aromatic rings. The molecule has 3 aromatic heterocycles. The highest BCUT2D eigenvalue weighted by atomic mass is 19.1. The van der Waals surface area contributed by atoms with Crippen LogP contribution in [0, 0.1) is 5.82 Å². The van der Waals surface area contributed by atoms with E-state index in [1.807, 2.05) is 10.5 Å². The van der Waals surface area contributed by atoms with Gasteiger partial charge in [-0.1, -0.05) is 6.07 Å². The van der Waals surface area contributed by atoms with Gasteiger partial charge in [0.15, 0.2) is 5.65 Å². The van der Waals surface area contributed by atoms with Crippen molar-refractivity contribution >= 4 is 17.4 Å². The highest BCUT2D eigenvalue weighted by Crippen LogP contribution is 2.25. The quantitative estimate of drug-likeness (QED) is 0.549. The molecule has 0 radical (unpaired) electrons. The summed E-state index contributed by atoms with van der Waals surface area (Å²) < 4.78 is 22.0. The molecule has 0 unspecified atom stereocenters. The monoisotopic (exact) mass is 418 g/mol. The lowest BCUT2D eigenvalue weighted by atomic mass is 10.1. The Morgan fingerprint density at radius 2 is 1.87 bits per heavy atom. The van der Waals surface area contributed by atoms with Gasteiger partial charge in [-0.15, -0.1) is 0 Å². The van der Waals surface area contributed by atoms with Crippen LogP contribution in [0.2, 0.25) is 0 Å². The highest BCUT2D eigenvalue weighted by molar-refractivity contribution is 5.95. The predicted octanol–water partition coefficient (Wildman–Crippen LogP) is 2.65. The molecule has 1 amide bonds. The van der Waals surface area contributed by atoms with Crippen molar-refractivity contribution < 1.29 is 13.9 Å². The number of aromatic nitrogens is 4. The van der Waals surface area contributed by atoms with Crippen LogP contribution < -0.4 is 5.73 Å². The van der Waals surface area contributed by atoms with Crippen molar-refractivity contribution in [3.8, 4) is 22.5 Å². The number of ether oxygens (including phenoxy) is 1. The largest absolute Gasteiger partial charge is 0.384 e. The second-order valence-corrected chi connectivity index (χ2v) is 7.21. The van der Waals surface area contributed by atoms with Crippen LogP contribution in [0.5, 0.6) is 0 Å². The van der Waals surface area contributed by atoms with Gasteiger partial charge in [0.05, 0.1) is 42.6 Å². The summed E-state index contributed by atoms with van der Waals surface area (Å²) in [5, 5.41) is 0. The molecule has 8 nitrogen and oxygen atoms in total. The molecule has 0 spiro atoms. The summed E-state index contributed by atoms with van der Waals surface area (Å²) in [7, 11) is 0. The number of pyridine rings is 1. The molecular weight excluding hydrogens is 399 g/mol. The summed E-state index contributed by atoms with van der Waals surface area (Å²) in [5.41, 5.74) is 9.28. The van der Waals surface area contributed by atoms with E-state index in [1.54, 1.807) is 41.8 Å². The first-order valence-electron chi connectivity index (χ1n) is 9.82. The van der Waals surface area contributed by atoms with E-state index in [1.165, 1.54) is 12.1 Å². The average Bonchev–Trinajstić information content (AvgIpc) is 3.22. The molecule has 1 fully saturated rings. The van der Waals surface area contributed by atoms with E-state index >= 15 is 0 Å². The van der Waals surface area contributed by atoms with Gasteiger partial charge in [-0.2, -0.15) is 0 Å². The molecule has 1 saturated heterocycles. The first kappa shape index (κ1) is 19.1. The smallest absolute Gasteiger partial charge is 0.256 e. The maximum absolute atomic E-state index is 14.8. The number of imidazole rings is 1. The number of carbonyl (C=O) groups excluding carboxylic acids is 1. The fraction of sp³-hybridized carbons (Fsp3) is 0.182. The molecule has 1 aliphatic rings. The molecule has 9 heteroatoms. The number of carbonyl (C=O) groups is 1. The number of halogens is 1. The highest BCUT2D eigenvalue weighted by Gasteiger charge is 2.22. The second-order valence-electron chi connectivity index (χ2n) is 7.21. The van der Waals surface area contributed by atoms with Crippen molar-refractivity contribution in [2.45, 2.75) is 0 Å². The normalized spacial score (nSPS) is 14.2. The van der Waals surface area contributed by atoms with Gasteiger partial charge in [-0.05, 0) is 24.3 Å². The number of amides is 1. The summed E-state index contributed by atoms with van der Waals surface area (Å²) in [6, 6.07) is 8.14. The van der Waals surface area contributed by atoms with Gasteiger partial charge in [-0.25, -0.2) is 14.4 Å². The zero-order valence-corrected chi connectivity index (χ0v) is 16.5. The van der Waals surface area contributed by atoms with E-state index < -0.39 is 5.82 Å². The number of hydrogen-bond donors (Lipinski definition) is 1. The molecule has 31 heavy (non-hydrogen) atoms. The molecule has 1 aromatic carbocycles. The minimum atomic E-state index is -0.580. The van der Waals surface area contributed by atoms with Crippen LogP contribution in [-0.4, -0.2) is 56.5 Å². The third kappa shape index (κ3) is 3.59. The van der Waals surface area contributed by atoms with E-state index in [0.717, 1.165) is 11.3 Å². The van der Waals surface area contributed by atoms with Crippen molar-refractivity contribution in [1.82, 2.24) is 24.3 Å². The molecule has 156 valence electrons. The maximum Gasteiger partial charge on any atom is 0.256 e. The lowest BCUT2D eigenvalue weighted by Gasteiger charge is -2.27. The van der Waals surface area contributed by atoms with Gasteiger partial charge < -0.3 is 15.4 Å². The number of nitrogens with zero attached hydrogens (tertiary/aromatic N) is 5. The first-order chi connectivity index (χ1) is 15.1. The Morgan fingerprint density at radius 3 is 2.65 bits per heavy atom. The van der Waals surface area contributed by atoms with E-state index in [2.05, 4.69) is 15.0 Å². The van der Waals surface area contributed by atoms with Gasteiger partial charge in [0, 0.05) is 36.6 Å². The zero-order chi connectivity index (χ0) is 21.4. The number of fused-ring (bicyclic) bond motifs is 1. The summed E-state index contributed by atoms with van der Waals surface area (Å²) in [4.78, 5) is 27.0. The minimum Gasteiger partial charge on any atom is -0.384 e. The summed E-state index contributed by atoms with van der Waals surface area (Å²) >= 11 is 0. The number of rotatable bonds is 3. The number of anilines is 1. The SMILES string of the molecule is Nc1cc(-c2cnc3cnc(-c4ccc(C(=O)N5CCOCC5)c(F)c4)cn23)ccn1. The van der Waals surface area contributed by atoms with Crippen molar-refractivity contribution in [2.75, 3.05) is 32.0 Å². The van der Waals surface area contributed by atoms with Crippen LogP contribution in [0.4, 0.5) is 10.2 Å². The second kappa shape index (κ2) is 7.77. The number of morpholine rings is 1. The Labute approximate surface area is 177 Å². The number of benzene rings is 1.